The highest BCUT2D eigenvalue weighted by atomic mass is 16.5. The van der Waals surface area contributed by atoms with E-state index in [-0.39, 0.29) is 6.04 Å². The van der Waals surface area contributed by atoms with Crippen LogP contribution in [-0.4, -0.2) is 14.7 Å². The van der Waals surface area contributed by atoms with Gasteiger partial charge >= 0.3 is 0 Å². The topological polar surface area (TPSA) is 55.9 Å². The van der Waals surface area contributed by atoms with Gasteiger partial charge in [0.1, 0.15) is 5.76 Å². The van der Waals surface area contributed by atoms with E-state index in [0.717, 1.165) is 23.6 Å². The van der Waals surface area contributed by atoms with Crippen LogP contribution in [0, 0.1) is 13.8 Å². The van der Waals surface area contributed by atoms with Crippen molar-refractivity contribution in [3.63, 3.8) is 0 Å². The Morgan fingerprint density at radius 1 is 1.47 bits per heavy atom. The van der Waals surface area contributed by atoms with Crippen LogP contribution in [0.25, 0.3) is 0 Å². The molecule has 2 aromatic rings. The molecule has 1 atom stereocenters. The minimum Gasteiger partial charge on any atom is -0.361 e. The molecule has 0 bridgehead atoms. The third kappa shape index (κ3) is 2.42. The lowest BCUT2D eigenvalue weighted by Crippen LogP contribution is -2.20. The molecule has 0 spiro atoms. The molecule has 1 saturated carbocycles. The summed E-state index contributed by atoms with van der Waals surface area (Å²) in [5, 5.41) is 7.54. The van der Waals surface area contributed by atoms with Gasteiger partial charge in [0.15, 0.2) is 0 Å². The van der Waals surface area contributed by atoms with Crippen molar-refractivity contribution in [2.45, 2.75) is 52.2 Å². The standard InChI is InChI=1S/C14H20N4O/c1-9(14-10(2)17-19-11(14)3)16-7-13-6-15-8-18(13)12-4-5-12/h6,8-9,12,16H,4-5,7H2,1-3H3. The minimum atomic E-state index is 0.230. The zero-order valence-corrected chi connectivity index (χ0v) is 11.7. The summed E-state index contributed by atoms with van der Waals surface area (Å²) in [6.45, 7) is 6.91. The monoisotopic (exact) mass is 260 g/mol. The molecule has 1 aliphatic rings. The second-order valence-electron chi connectivity index (χ2n) is 5.36. The first kappa shape index (κ1) is 12.4. The molecular weight excluding hydrogens is 240 g/mol. The molecule has 1 unspecified atom stereocenters. The van der Waals surface area contributed by atoms with E-state index in [9.17, 15) is 0 Å². The molecule has 0 saturated heterocycles. The summed E-state index contributed by atoms with van der Waals surface area (Å²) >= 11 is 0. The Labute approximate surface area is 113 Å². The largest absolute Gasteiger partial charge is 0.361 e. The Balaban J connectivity index is 1.67. The molecule has 1 N–H and O–H groups in total. The lowest BCUT2D eigenvalue weighted by atomic mass is 10.1. The van der Waals surface area contributed by atoms with Gasteiger partial charge < -0.3 is 14.4 Å². The van der Waals surface area contributed by atoms with Crippen LogP contribution in [-0.2, 0) is 6.54 Å². The van der Waals surface area contributed by atoms with Crippen LogP contribution in [0.4, 0.5) is 0 Å². The van der Waals surface area contributed by atoms with E-state index in [0.29, 0.717) is 6.04 Å². The fraction of sp³-hybridized carbons (Fsp3) is 0.571. The SMILES string of the molecule is Cc1noc(C)c1C(C)NCc1cncn1C1CC1. The molecule has 5 heteroatoms. The predicted molar refractivity (Wildman–Crippen MR) is 71.7 cm³/mol. The maximum Gasteiger partial charge on any atom is 0.138 e. The smallest absolute Gasteiger partial charge is 0.138 e. The Hall–Kier alpha value is -1.62. The second-order valence-corrected chi connectivity index (χ2v) is 5.36. The van der Waals surface area contributed by atoms with E-state index < -0.39 is 0 Å². The Kier molecular flexibility index (Phi) is 3.14. The van der Waals surface area contributed by atoms with E-state index in [4.69, 9.17) is 4.52 Å². The summed E-state index contributed by atoms with van der Waals surface area (Å²) < 4.78 is 7.50. The first-order chi connectivity index (χ1) is 9.16. The minimum absolute atomic E-state index is 0.230. The molecule has 0 aliphatic heterocycles. The van der Waals surface area contributed by atoms with Crippen molar-refractivity contribution >= 4 is 0 Å². The van der Waals surface area contributed by atoms with Crippen molar-refractivity contribution in [2.75, 3.05) is 0 Å². The molecule has 0 radical (unpaired) electrons. The highest BCUT2D eigenvalue weighted by Crippen LogP contribution is 2.35. The number of imidazole rings is 1. The highest BCUT2D eigenvalue weighted by Gasteiger charge is 2.25. The van der Waals surface area contributed by atoms with Crippen molar-refractivity contribution in [1.82, 2.24) is 20.0 Å². The van der Waals surface area contributed by atoms with E-state index in [1.807, 2.05) is 26.4 Å². The van der Waals surface area contributed by atoms with E-state index in [1.54, 1.807) is 0 Å². The number of aromatic nitrogens is 3. The lowest BCUT2D eigenvalue weighted by molar-refractivity contribution is 0.390. The van der Waals surface area contributed by atoms with E-state index in [2.05, 4.69) is 26.9 Å². The average Bonchev–Trinajstić information content (AvgIpc) is 3.03. The van der Waals surface area contributed by atoms with Crippen molar-refractivity contribution in [2.24, 2.45) is 0 Å². The van der Waals surface area contributed by atoms with Gasteiger partial charge in [0.05, 0.1) is 17.7 Å². The summed E-state index contributed by atoms with van der Waals surface area (Å²) in [6.07, 6.45) is 6.45. The number of aryl methyl sites for hydroxylation is 2. The molecule has 1 aliphatic carbocycles. The number of nitrogens with one attached hydrogen (secondary N) is 1. The second kappa shape index (κ2) is 4.81. The van der Waals surface area contributed by atoms with E-state index >= 15 is 0 Å². The van der Waals surface area contributed by atoms with Gasteiger partial charge in [-0.1, -0.05) is 5.16 Å². The number of hydrogen-bond acceptors (Lipinski definition) is 4. The molecule has 0 amide bonds. The summed E-state index contributed by atoms with van der Waals surface area (Å²) in [5.41, 5.74) is 3.38. The molecule has 19 heavy (non-hydrogen) atoms. The lowest BCUT2D eigenvalue weighted by Gasteiger charge is -2.14. The molecule has 1 fully saturated rings. The van der Waals surface area contributed by atoms with Gasteiger partial charge in [0, 0.05) is 30.4 Å². The van der Waals surface area contributed by atoms with Crippen molar-refractivity contribution in [1.29, 1.82) is 0 Å². The summed E-state index contributed by atoms with van der Waals surface area (Å²) in [6, 6.07) is 0.905. The average molecular weight is 260 g/mol. The predicted octanol–water partition coefficient (Wildman–Crippen LogP) is 2.67. The number of hydrogen-bond donors (Lipinski definition) is 1. The zero-order valence-electron chi connectivity index (χ0n) is 11.7. The Morgan fingerprint density at radius 2 is 2.26 bits per heavy atom. The van der Waals surface area contributed by atoms with Gasteiger partial charge in [-0.15, -0.1) is 0 Å². The van der Waals surface area contributed by atoms with Crippen molar-refractivity contribution < 1.29 is 4.52 Å². The maximum absolute atomic E-state index is 5.22. The quantitative estimate of drug-likeness (QED) is 0.898. The van der Waals surface area contributed by atoms with Gasteiger partial charge in [-0.25, -0.2) is 4.98 Å². The fourth-order valence-corrected chi connectivity index (χ4v) is 2.62. The van der Waals surface area contributed by atoms with Gasteiger partial charge in [-0.3, -0.25) is 0 Å². The maximum atomic E-state index is 5.22. The number of rotatable bonds is 5. The molecule has 3 rings (SSSR count). The first-order valence-corrected chi connectivity index (χ1v) is 6.83. The van der Waals surface area contributed by atoms with Crippen LogP contribution < -0.4 is 5.32 Å². The summed E-state index contributed by atoms with van der Waals surface area (Å²) in [4.78, 5) is 4.25. The third-order valence-corrected chi connectivity index (χ3v) is 3.80. The molecule has 2 aromatic heterocycles. The van der Waals surface area contributed by atoms with Crippen LogP contribution >= 0.6 is 0 Å². The molecule has 2 heterocycles. The summed E-state index contributed by atoms with van der Waals surface area (Å²) in [7, 11) is 0. The fourth-order valence-electron chi connectivity index (χ4n) is 2.62. The van der Waals surface area contributed by atoms with Crippen molar-refractivity contribution in [3.8, 4) is 0 Å². The molecule has 5 nitrogen and oxygen atoms in total. The Bertz CT molecular complexity index is 548. The molecular formula is C14H20N4O. The van der Waals surface area contributed by atoms with Gasteiger partial charge in [0.25, 0.3) is 0 Å². The van der Waals surface area contributed by atoms with Crippen LogP contribution in [0.2, 0.25) is 0 Å². The van der Waals surface area contributed by atoms with Crippen LogP contribution in [0.15, 0.2) is 17.0 Å². The van der Waals surface area contributed by atoms with E-state index in [1.165, 1.54) is 18.5 Å². The zero-order chi connectivity index (χ0) is 13.4. The highest BCUT2D eigenvalue weighted by molar-refractivity contribution is 5.24. The third-order valence-electron chi connectivity index (χ3n) is 3.80. The molecule has 0 aromatic carbocycles. The Morgan fingerprint density at radius 3 is 2.89 bits per heavy atom. The first-order valence-electron chi connectivity index (χ1n) is 6.83. The van der Waals surface area contributed by atoms with Gasteiger partial charge in [-0.05, 0) is 33.6 Å². The molecule has 102 valence electrons. The van der Waals surface area contributed by atoms with Crippen molar-refractivity contribution in [3.05, 3.63) is 35.2 Å². The summed E-state index contributed by atoms with van der Waals surface area (Å²) in [5.74, 6) is 0.896. The normalized spacial score (nSPS) is 16.8. The number of nitrogens with zero attached hydrogens (tertiary/aromatic N) is 3. The van der Waals surface area contributed by atoms with Crippen LogP contribution in [0.1, 0.15) is 54.6 Å². The van der Waals surface area contributed by atoms with Gasteiger partial charge in [-0.2, -0.15) is 0 Å². The van der Waals surface area contributed by atoms with Crippen LogP contribution in [0.3, 0.4) is 0 Å². The van der Waals surface area contributed by atoms with Crippen LogP contribution in [0.5, 0.6) is 0 Å². The van der Waals surface area contributed by atoms with Gasteiger partial charge in [0.2, 0.25) is 0 Å².